The molecule has 1 fully saturated rings. The van der Waals surface area contributed by atoms with Gasteiger partial charge in [0, 0.05) is 26.2 Å². The number of rotatable bonds is 10. The number of esters is 1. The number of amides is 1. The highest BCUT2D eigenvalue weighted by Gasteiger charge is 2.39. The summed E-state index contributed by atoms with van der Waals surface area (Å²) in [5.41, 5.74) is 7.97. The average molecular weight is 556 g/mol. The second-order valence-corrected chi connectivity index (χ2v) is 9.91. The Hall–Kier alpha value is -4.00. The number of fused-ring (bicyclic) bond motifs is 1. The SMILES string of the molecule is CCCCOc1nc(N)c([N+](=O)[O-])c(N2CCCN(C(=O)CN3CCc4ccccc4C3)CC2C(=O)OCC)n1. The number of carbonyl (C=O) groups excluding carboxylic acids is 2. The molecule has 2 aliphatic heterocycles. The Balaban J connectivity index is 1.58. The highest BCUT2D eigenvalue weighted by Crippen LogP contribution is 2.35. The normalized spacial score (nSPS) is 17.6. The van der Waals surface area contributed by atoms with Crippen molar-refractivity contribution < 1.29 is 24.0 Å². The summed E-state index contributed by atoms with van der Waals surface area (Å²) in [6, 6.07) is 7.08. The number of nitro groups is 1. The lowest BCUT2D eigenvalue weighted by Gasteiger charge is -2.32. The lowest BCUT2D eigenvalue weighted by atomic mass is 10.00. The van der Waals surface area contributed by atoms with Crippen molar-refractivity contribution in [3.05, 3.63) is 45.5 Å². The largest absolute Gasteiger partial charge is 0.464 e. The van der Waals surface area contributed by atoms with Gasteiger partial charge in [-0.05, 0) is 37.3 Å². The Bertz CT molecular complexity index is 1230. The zero-order chi connectivity index (χ0) is 28.6. The first-order valence-electron chi connectivity index (χ1n) is 13.8. The Kier molecular flexibility index (Phi) is 9.70. The molecule has 1 aromatic heterocycles. The van der Waals surface area contributed by atoms with E-state index in [1.54, 1.807) is 11.8 Å². The molecule has 13 nitrogen and oxygen atoms in total. The highest BCUT2D eigenvalue weighted by atomic mass is 16.6. The van der Waals surface area contributed by atoms with Gasteiger partial charge in [0.05, 0.1) is 31.2 Å². The summed E-state index contributed by atoms with van der Waals surface area (Å²) in [5.74, 6) is -1.19. The number of ether oxygens (including phenoxy) is 2. The number of nitrogen functional groups attached to an aromatic ring is 1. The summed E-state index contributed by atoms with van der Waals surface area (Å²) in [7, 11) is 0. The fourth-order valence-corrected chi connectivity index (χ4v) is 5.07. The molecule has 1 saturated heterocycles. The van der Waals surface area contributed by atoms with E-state index in [9.17, 15) is 19.7 Å². The fraction of sp³-hybridized carbons (Fsp3) is 0.556. The second kappa shape index (κ2) is 13.4. The monoisotopic (exact) mass is 555 g/mol. The van der Waals surface area contributed by atoms with Crippen molar-refractivity contribution in [3.63, 3.8) is 0 Å². The van der Waals surface area contributed by atoms with E-state index in [4.69, 9.17) is 15.2 Å². The molecule has 4 rings (SSSR count). The van der Waals surface area contributed by atoms with Crippen LogP contribution in [0.1, 0.15) is 44.2 Å². The van der Waals surface area contributed by atoms with E-state index in [1.807, 2.05) is 19.1 Å². The van der Waals surface area contributed by atoms with Crippen molar-refractivity contribution in [3.8, 4) is 6.01 Å². The Morgan fingerprint density at radius 1 is 1.15 bits per heavy atom. The lowest BCUT2D eigenvalue weighted by Crippen LogP contribution is -2.50. The van der Waals surface area contributed by atoms with Crippen molar-refractivity contribution in [2.75, 3.05) is 56.6 Å². The number of hydrogen-bond acceptors (Lipinski definition) is 11. The van der Waals surface area contributed by atoms with Crippen LogP contribution in [0, 0.1) is 10.1 Å². The van der Waals surface area contributed by atoms with Gasteiger partial charge in [-0.3, -0.25) is 19.8 Å². The molecule has 1 unspecified atom stereocenters. The number of nitrogens with zero attached hydrogens (tertiary/aromatic N) is 6. The molecule has 0 saturated carbocycles. The zero-order valence-electron chi connectivity index (χ0n) is 23.1. The van der Waals surface area contributed by atoms with Gasteiger partial charge in [-0.2, -0.15) is 9.97 Å². The first kappa shape index (κ1) is 29.0. The van der Waals surface area contributed by atoms with Crippen LogP contribution in [0.25, 0.3) is 0 Å². The van der Waals surface area contributed by atoms with Gasteiger partial charge in [0.25, 0.3) is 0 Å². The van der Waals surface area contributed by atoms with Crippen LogP contribution in [-0.2, 0) is 27.3 Å². The van der Waals surface area contributed by atoms with Crippen molar-refractivity contribution in [2.24, 2.45) is 0 Å². The number of carbonyl (C=O) groups is 2. The molecule has 1 atom stereocenters. The molecule has 0 spiro atoms. The van der Waals surface area contributed by atoms with Gasteiger partial charge in [0.15, 0.2) is 0 Å². The maximum atomic E-state index is 13.5. The van der Waals surface area contributed by atoms with Crippen LogP contribution in [0.2, 0.25) is 0 Å². The van der Waals surface area contributed by atoms with Crippen LogP contribution in [0.3, 0.4) is 0 Å². The molecule has 216 valence electrons. The Labute approximate surface area is 233 Å². The number of nitrogens with two attached hydrogens (primary N) is 1. The van der Waals surface area contributed by atoms with Gasteiger partial charge in [-0.15, -0.1) is 0 Å². The number of unbranched alkanes of at least 4 members (excludes halogenated alkanes) is 1. The predicted octanol–water partition coefficient (Wildman–Crippen LogP) is 2.17. The maximum Gasteiger partial charge on any atom is 0.353 e. The quantitative estimate of drug-likeness (QED) is 0.198. The second-order valence-electron chi connectivity index (χ2n) is 9.91. The van der Waals surface area contributed by atoms with Crippen LogP contribution in [0.5, 0.6) is 6.01 Å². The minimum absolute atomic E-state index is 0.00478. The lowest BCUT2D eigenvalue weighted by molar-refractivity contribution is -0.383. The summed E-state index contributed by atoms with van der Waals surface area (Å²) in [6.45, 7) is 6.35. The molecule has 1 amide bonds. The summed E-state index contributed by atoms with van der Waals surface area (Å²) < 4.78 is 10.9. The van der Waals surface area contributed by atoms with Crippen molar-refractivity contribution in [1.82, 2.24) is 19.8 Å². The third-order valence-electron chi connectivity index (χ3n) is 7.13. The fourth-order valence-electron chi connectivity index (χ4n) is 5.07. The van der Waals surface area contributed by atoms with E-state index in [1.165, 1.54) is 16.0 Å². The maximum absolute atomic E-state index is 13.5. The smallest absolute Gasteiger partial charge is 0.353 e. The molecular formula is C27H37N7O6. The average Bonchev–Trinajstić information content (AvgIpc) is 3.16. The van der Waals surface area contributed by atoms with Crippen LogP contribution in [0.15, 0.2) is 24.3 Å². The number of aromatic nitrogens is 2. The molecule has 1 aromatic carbocycles. The van der Waals surface area contributed by atoms with Gasteiger partial charge >= 0.3 is 17.7 Å². The standard InChI is InChI=1S/C27H37N7O6/c1-3-5-15-40-27-29-24(28)23(34(37)38)25(30-27)33-13-8-12-32(17-21(33)26(36)39-4-2)22(35)18-31-14-11-19-9-6-7-10-20(19)16-31/h6-7,9-10,21H,3-5,8,11-18H2,1-2H3,(H2,28,29,30). The molecule has 0 bridgehead atoms. The van der Waals surface area contributed by atoms with Crippen LogP contribution in [0.4, 0.5) is 17.3 Å². The van der Waals surface area contributed by atoms with Crippen molar-refractivity contribution in [2.45, 2.75) is 52.1 Å². The van der Waals surface area contributed by atoms with Crippen LogP contribution < -0.4 is 15.4 Å². The summed E-state index contributed by atoms with van der Waals surface area (Å²) in [5, 5.41) is 12.0. The van der Waals surface area contributed by atoms with Gasteiger partial charge < -0.3 is 25.0 Å². The Morgan fingerprint density at radius 3 is 2.65 bits per heavy atom. The van der Waals surface area contributed by atoms with Gasteiger partial charge in [-0.1, -0.05) is 37.6 Å². The van der Waals surface area contributed by atoms with Crippen molar-refractivity contribution in [1.29, 1.82) is 0 Å². The van der Waals surface area contributed by atoms with E-state index < -0.39 is 22.6 Å². The van der Waals surface area contributed by atoms with E-state index in [2.05, 4.69) is 27.0 Å². The number of anilines is 2. The van der Waals surface area contributed by atoms with E-state index >= 15 is 0 Å². The molecular weight excluding hydrogens is 518 g/mol. The van der Waals surface area contributed by atoms with Crippen LogP contribution in [-0.4, -0.2) is 88.5 Å². The van der Waals surface area contributed by atoms with Gasteiger partial charge in [0.1, 0.15) is 6.04 Å². The molecule has 2 N–H and O–H groups in total. The topological polar surface area (TPSA) is 157 Å². The van der Waals surface area contributed by atoms with Crippen LogP contribution >= 0.6 is 0 Å². The minimum atomic E-state index is -1.02. The molecule has 2 aliphatic rings. The Morgan fingerprint density at radius 2 is 1.93 bits per heavy atom. The highest BCUT2D eigenvalue weighted by molar-refractivity contribution is 5.85. The van der Waals surface area contributed by atoms with Crippen molar-refractivity contribution >= 4 is 29.2 Å². The molecule has 3 heterocycles. The number of hydrogen-bond donors (Lipinski definition) is 1. The van der Waals surface area contributed by atoms with Gasteiger partial charge in [0.2, 0.25) is 17.5 Å². The first-order chi connectivity index (χ1) is 19.3. The third-order valence-corrected chi connectivity index (χ3v) is 7.13. The van der Waals surface area contributed by atoms with Gasteiger partial charge in [-0.25, -0.2) is 4.79 Å². The minimum Gasteiger partial charge on any atom is -0.464 e. The number of benzene rings is 1. The van der Waals surface area contributed by atoms with E-state index in [0.29, 0.717) is 26.1 Å². The molecule has 0 radical (unpaired) electrons. The van der Waals surface area contributed by atoms with E-state index in [-0.39, 0.29) is 49.8 Å². The molecule has 0 aliphatic carbocycles. The zero-order valence-corrected chi connectivity index (χ0v) is 23.1. The molecule has 40 heavy (non-hydrogen) atoms. The summed E-state index contributed by atoms with van der Waals surface area (Å²) in [4.78, 5) is 51.6. The molecule has 2 aromatic rings. The first-order valence-corrected chi connectivity index (χ1v) is 13.8. The third kappa shape index (κ3) is 6.76. The summed E-state index contributed by atoms with van der Waals surface area (Å²) in [6.07, 6.45) is 2.94. The van der Waals surface area contributed by atoms with E-state index in [0.717, 1.165) is 25.8 Å². The predicted molar refractivity (Wildman–Crippen MR) is 148 cm³/mol. The molecule has 13 heteroatoms. The summed E-state index contributed by atoms with van der Waals surface area (Å²) >= 11 is 0.